The van der Waals surface area contributed by atoms with Crippen LogP contribution < -0.4 is 10.9 Å². The number of fused-ring (bicyclic) bond motifs is 1. The summed E-state index contributed by atoms with van der Waals surface area (Å²) in [6.07, 6.45) is 6.09. The van der Waals surface area contributed by atoms with Crippen LogP contribution in [0.4, 0.5) is 4.39 Å². The number of pyridine rings is 1. The third-order valence-electron chi connectivity index (χ3n) is 5.07. The lowest BCUT2D eigenvalue weighted by atomic mass is 9.96. The fourth-order valence-corrected chi connectivity index (χ4v) is 3.73. The smallest absolute Gasteiger partial charge is 0.322 e. The molecule has 1 aromatic heterocycles. The fraction of sp³-hybridized carbons (Fsp3) is 0.421. The van der Waals surface area contributed by atoms with Gasteiger partial charge in [0.05, 0.1) is 5.52 Å². The van der Waals surface area contributed by atoms with E-state index in [1.54, 1.807) is 0 Å². The van der Waals surface area contributed by atoms with Crippen molar-refractivity contribution in [3.63, 3.8) is 0 Å². The molecule has 3 rings (SSSR count). The fourth-order valence-electron chi connectivity index (χ4n) is 3.73. The number of aromatic nitrogens is 1. The molecule has 0 bridgehead atoms. The summed E-state index contributed by atoms with van der Waals surface area (Å²) in [5.41, 5.74) is -0.610. The van der Waals surface area contributed by atoms with Crippen molar-refractivity contribution in [2.45, 2.75) is 38.5 Å². The van der Waals surface area contributed by atoms with E-state index in [0.29, 0.717) is 23.4 Å². The molecule has 0 atom stereocenters. The van der Waals surface area contributed by atoms with E-state index in [1.165, 1.54) is 18.9 Å². The van der Waals surface area contributed by atoms with Gasteiger partial charge in [-0.1, -0.05) is 25.7 Å². The number of carboxylic acids is 1. The Labute approximate surface area is 154 Å². The molecule has 144 valence electrons. The third-order valence-corrected chi connectivity index (χ3v) is 5.07. The van der Waals surface area contributed by atoms with Gasteiger partial charge in [-0.3, -0.25) is 14.4 Å². The highest BCUT2D eigenvalue weighted by Gasteiger charge is 2.22. The van der Waals surface area contributed by atoms with Crippen LogP contribution in [-0.4, -0.2) is 33.6 Å². The summed E-state index contributed by atoms with van der Waals surface area (Å²) >= 11 is 0. The summed E-state index contributed by atoms with van der Waals surface area (Å²) < 4.78 is 14.1. The number of carbonyl (C=O) groups is 2. The highest BCUT2D eigenvalue weighted by atomic mass is 19.1. The summed E-state index contributed by atoms with van der Waals surface area (Å²) in [5, 5.41) is 21.1. The quantitative estimate of drug-likeness (QED) is 0.617. The standard InChI is InChI=1S/C19H21FN2O5/c20-12-7-11(6-5-10-3-1-2-4-10)16-13(8-12)17(25)15(19(27)22-16)18(26)21-9-14(23)24/h7-8,10H,1-6,9H2,(H,21,26)(H,23,24)(H2,22,25,27). The highest BCUT2D eigenvalue weighted by Crippen LogP contribution is 2.32. The molecular weight excluding hydrogens is 355 g/mol. The first-order chi connectivity index (χ1) is 12.9. The molecule has 0 unspecified atom stereocenters. The summed E-state index contributed by atoms with van der Waals surface area (Å²) in [4.78, 5) is 37.5. The number of H-pyrrole nitrogens is 1. The molecule has 4 N–H and O–H groups in total. The second-order valence-electron chi connectivity index (χ2n) is 6.93. The molecule has 1 fully saturated rings. The van der Waals surface area contributed by atoms with E-state index >= 15 is 0 Å². The van der Waals surface area contributed by atoms with Crippen LogP contribution in [0.5, 0.6) is 5.75 Å². The number of aromatic amines is 1. The van der Waals surface area contributed by atoms with Crippen molar-refractivity contribution in [3.8, 4) is 5.75 Å². The Hall–Kier alpha value is -2.90. The number of aliphatic carboxylic acids is 1. The van der Waals surface area contributed by atoms with E-state index < -0.39 is 41.1 Å². The van der Waals surface area contributed by atoms with Crippen LogP contribution in [0.25, 0.3) is 10.9 Å². The van der Waals surface area contributed by atoms with Gasteiger partial charge < -0.3 is 20.5 Å². The summed E-state index contributed by atoms with van der Waals surface area (Å²) in [7, 11) is 0. The van der Waals surface area contributed by atoms with Crippen LogP contribution in [0.3, 0.4) is 0 Å². The van der Waals surface area contributed by atoms with Crippen molar-refractivity contribution in [2.75, 3.05) is 6.54 Å². The topological polar surface area (TPSA) is 119 Å². The van der Waals surface area contributed by atoms with Gasteiger partial charge in [0.2, 0.25) is 0 Å². The Morgan fingerprint density at radius 3 is 2.63 bits per heavy atom. The number of amides is 1. The lowest BCUT2D eigenvalue weighted by Gasteiger charge is -2.13. The van der Waals surface area contributed by atoms with Crippen LogP contribution in [0, 0.1) is 11.7 Å². The highest BCUT2D eigenvalue weighted by molar-refractivity contribution is 6.03. The summed E-state index contributed by atoms with van der Waals surface area (Å²) in [6, 6.07) is 2.38. The van der Waals surface area contributed by atoms with Crippen LogP contribution in [0.2, 0.25) is 0 Å². The Morgan fingerprint density at radius 2 is 1.96 bits per heavy atom. The molecule has 1 heterocycles. The summed E-state index contributed by atoms with van der Waals surface area (Å²) in [6.45, 7) is -0.703. The molecule has 0 spiro atoms. The Kier molecular flexibility index (Phi) is 5.43. The van der Waals surface area contributed by atoms with Crippen LogP contribution in [-0.2, 0) is 11.2 Å². The zero-order valence-electron chi connectivity index (χ0n) is 14.7. The van der Waals surface area contributed by atoms with Crippen molar-refractivity contribution in [1.82, 2.24) is 10.3 Å². The van der Waals surface area contributed by atoms with Crippen molar-refractivity contribution < 1.29 is 24.2 Å². The molecule has 2 aromatic rings. The van der Waals surface area contributed by atoms with Gasteiger partial charge in [-0.15, -0.1) is 0 Å². The van der Waals surface area contributed by atoms with Crippen molar-refractivity contribution in [3.05, 3.63) is 39.4 Å². The van der Waals surface area contributed by atoms with Gasteiger partial charge in [-0.2, -0.15) is 0 Å². The van der Waals surface area contributed by atoms with E-state index in [9.17, 15) is 23.9 Å². The SMILES string of the molecule is O=C(O)CNC(=O)c1c(O)c2cc(F)cc(CCC3CCCC3)c2[nH]c1=O. The number of halogens is 1. The average Bonchev–Trinajstić information content (AvgIpc) is 3.12. The molecule has 0 saturated heterocycles. The number of aromatic hydroxyl groups is 1. The molecule has 1 aliphatic carbocycles. The molecule has 7 nitrogen and oxygen atoms in total. The molecule has 1 aliphatic rings. The Balaban J connectivity index is 1.98. The Morgan fingerprint density at radius 1 is 1.26 bits per heavy atom. The first-order valence-electron chi connectivity index (χ1n) is 8.94. The van der Waals surface area contributed by atoms with Gasteiger partial charge in [0.25, 0.3) is 11.5 Å². The second-order valence-corrected chi connectivity index (χ2v) is 6.93. The summed E-state index contributed by atoms with van der Waals surface area (Å²) in [5.74, 6) is -2.98. The molecule has 27 heavy (non-hydrogen) atoms. The maximum atomic E-state index is 14.1. The van der Waals surface area contributed by atoms with Crippen molar-refractivity contribution in [1.29, 1.82) is 0 Å². The lowest BCUT2D eigenvalue weighted by Crippen LogP contribution is -2.33. The van der Waals surface area contributed by atoms with Crippen LogP contribution >= 0.6 is 0 Å². The predicted molar refractivity (Wildman–Crippen MR) is 96.4 cm³/mol. The Bertz CT molecular complexity index is 947. The number of carbonyl (C=O) groups excluding carboxylic acids is 1. The number of nitrogens with one attached hydrogen (secondary N) is 2. The van der Waals surface area contributed by atoms with Crippen molar-refractivity contribution >= 4 is 22.8 Å². The van der Waals surface area contributed by atoms with Crippen LogP contribution in [0.1, 0.15) is 48.0 Å². The van der Waals surface area contributed by atoms with Gasteiger partial charge in [0, 0.05) is 5.39 Å². The van der Waals surface area contributed by atoms with Gasteiger partial charge in [-0.25, -0.2) is 4.39 Å². The number of hydrogen-bond donors (Lipinski definition) is 4. The third kappa shape index (κ3) is 4.10. The molecular formula is C19H21FN2O5. The van der Waals surface area contributed by atoms with Gasteiger partial charge >= 0.3 is 5.97 Å². The van der Waals surface area contributed by atoms with Gasteiger partial charge in [-0.05, 0) is 36.5 Å². The zero-order valence-corrected chi connectivity index (χ0v) is 14.7. The van der Waals surface area contributed by atoms with Crippen molar-refractivity contribution in [2.24, 2.45) is 5.92 Å². The van der Waals surface area contributed by atoms with E-state index in [4.69, 9.17) is 5.11 Å². The monoisotopic (exact) mass is 376 g/mol. The average molecular weight is 376 g/mol. The molecule has 1 amide bonds. The minimum atomic E-state index is -1.29. The van der Waals surface area contributed by atoms with E-state index in [0.717, 1.165) is 25.3 Å². The zero-order chi connectivity index (χ0) is 19.6. The maximum absolute atomic E-state index is 14.1. The number of hydrogen-bond acceptors (Lipinski definition) is 4. The lowest BCUT2D eigenvalue weighted by molar-refractivity contribution is -0.135. The molecule has 1 saturated carbocycles. The maximum Gasteiger partial charge on any atom is 0.322 e. The second kappa shape index (κ2) is 7.77. The number of aryl methyl sites for hydroxylation is 1. The van der Waals surface area contributed by atoms with Gasteiger partial charge in [0.1, 0.15) is 23.7 Å². The molecule has 1 aromatic carbocycles. The van der Waals surface area contributed by atoms with E-state index in [2.05, 4.69) is 4.98 Å². The number of rotatable bonds is 6. The first-order valence-corrected chi connectivity index (χ1v) is 8.94. The van der Waals surface area contributed by atoms with E-state index in [-0.39, 0.29) is 5.39 Å². The molecule has 8 heteroatoms. The van der Waals surface area contributed by atoms with Gasteiger partial charge in [0.15, 0.2) is 0 Å². The first kappa shape index (κ1) is 18.9. The predicted octanol–water partition coefficient (Wildman–Crippen LogP) is 2.31. The number of benzene rings is 1. The van der Waals surface area contributed by atoms with Crippen LogP contribution in [0.15, 0.2) is 16.9 Å². The molecule has 0 radical (unpaired) electrons. The number of carboxylic acid groups (broad SMARTS) is 1. The van der Waals surface area contributed by atoms with E-state index in [1.807, 2.05) is 5.32 Å². The normalized spacial score (nSPS) is 14.6. The minimum Gasteiger partial charge on any atom is -0.506 e. The molecule has 0 aliphatic heterocycles. The largest absolute Gasteiger partial charge is 0.506 e. The minimum absolute atomic E-state index is 0.0245.